The van der Waals surface area contributed by atoms with E-state index in [0.29, 0.717) is 0 Å². The third kappa shape index (κ3) is 4.08. The molecule has 0 spiro atoms. The van der Waals surface area contributed by atoms with Crippen molar-refractivity contribution in [1.82, 2.24) is 4.57 Å². The fourth-order valence-corrected chi connectivity index (χ4v) is 8.66. The van der Waals surface area contributed by atoms with Crippen LogP contribution in [0.25, 0.3) is 60.6 Å². The van der Waals surface area contributed by atoms with E-state index in [1.807, 2.05) is 12.1 Å². The molecule has 10 aromatic rings. The Morgan fingerprint density at radius 1 is 0.385 bits per heavy atom. The lowest BCUT2D eigenvalue weighted by atomic mass is 9.63. The molecule has 0 unspecified atom stereocenters. The van der Waals surface area contributed by atoms with Gasteiger partial charge in [-0.3, -0.25) is 0 Å². The van der Waals surface area contributed by atoms with Gasteiger partial charge in [0.1, 0.15) is 22.7 Å². The molecule has 3 heteroatoms. The average Bonchev–Trinajstić information content (AvgIpc) is 3.75. The van der Waals surface area contributed by atoms with E-state index in [1.165, 1.54) is 38.5 Å². The van der Waals surface area contributed by atoms with Crippen molar-refractivity contribution in [3.8, 4) is 28.3 Å². The van der Waals surface area contributed by atoms with Crippen molar-refractivity contribution in [2.75, 3.05) is 0 Å². The van der Waals surface area contributed by atoms with E-state index in [9.17, 15) is 0 Å². The second-order valence-corrected chi connectivity index (χ2v) is 13.7. The Hall–Kier alpha value is -6.84. The minimum atomic E-state index is -0.635. The number of furan rings is 1. The molecule has 3 nitrogen and oxygen atoms in total. The maximum Gasteiger partial charge on any atom is 0.135 e. The first kappa shape index (κ1) is 28.9. The predicted molar refractivity (Wildman–Crippen MR) is 212 cm³/mol. The van der Waals surface area contributed by atoms with Gasteiger partial charge in [-0.2, -0.15) is 0 Å². The Kier molecular flexibility index (Phi) is 6.17. The van der Waals surface area contributed by atoms with Crippen LogP contribution in [0.2, 0.25) is 0 Å². The summed E-state index contributed by atoms with van der Waals surface area (Å²) in [4.78, 5) is 0. The molecule has 0 radical (unpaired) electrons. The first-order chi connectivity index (χ1) is 25.8. The predicted octanol–water partition coefficient (Wildman–Crippen LogP) is 12.8. The highest BCUT2D eigenvalue weighted by Crippen LogP contribution is 2.56. The molecule has 0 aliphatic carbocycles. The Morgan fingerprint density at radius 2 is 0.981 bits per heavy atom. The number of para-hydroxylation sites is 5. The molecule has 0 saturated heterocycles. The second-order valence-electron chi connectivity index (χ2n) is 13.7. The fraction of sp³-hybridized carbons (Fsp3) is 0.0204. The van der Waals surface area contributed by atoms with Crippen LogP contribution in [0.1, 0.15) is 22.3 Å². The molecule has 1 aliphatic heterocycles. The topological polar surface area (TPSA) is 27.3 Å². The summed E-state index contributed by atoms with van der Waals surface area (Å²) in [6.45, 7) is 0. The zero-order chi connectivity index (χ0) is 34.2. The minimum Gasteiger partial charge on any atom is -0.457 e. The smallest absolute Gasteiger partial charge is 0.135 e. The number of benzene rings is 8. The van der Waals surface area contributed by atoms with Crippen molar-refractivity contribution < 1.29 is 9.15 Å². The molecular formula is C49H31NO2. The van der Waals surface area contributed by atoms with Crippen molar-refractivity contribution in [2.24, 2.45) is 0 Å². The van der Waals surface area contributed by atoms with Crippen LogP contribution in [0.5, 0.6) is 11.5 Å². The van der Waals surface area contributed by atoms with E-state index in [0.717, 1.165) is 55.8 Å². The largest absolute Gasteiger partial charge is 0.457 e. The molecule has 0 saturated carbocycles. The van der Waals surface area contributed by atoms with Gasteiger partial charge in [-0.05, 0) is 82.9 Å². The van der Waals surface area contributed by atoms with Crippen LogP contribution < -0.4 is 4.74 Å². The van der Waals surface area contributed by atoms with E-state index < -0.39 is 5.41 Å². The van der Waals surface area contributed by atoms with Gasteiger partial charge in [0.15, 0.2) is 0 Å². The Morgan fingerprint density at radius 3 is 1.77 bits per heavy atom. The van der Waals surface area contributed by atoms with Gasteiger partial charge < -0.3 is 13.7 Å². The first-order valence-corrected chi connectivity index (χ1v) is 17.8. The molecule has 1 aliphatic rings. The lowest BCUT2D eigenvalue weighted by Crippen LogP contribution is -2.34. The molecule has 3 heterocycles. The summed E-state index contributed by atoms with van der Waals surface area (Å²) in [7, 11) is 0. The standard InChI is InChI=1S/C49H31NO2/c1-2-12-36(13-3-1)50-43-18-8-4-14-37(43)39-30-33(24-28-44(39)50)32-22-25-34(26-23-32)49(35-27-29-46-40(31-35)38-15-5-9-19-45(38)51-46)41-16-6-10-20-47(41)52-48-21-11-7-17-42(48)49/h1-31H. The van der Waals surface area contributed by atoms with Gasteiger partial charge in [-0.1, -0.05) is 127 Å². The molecule has 52 heavy (non-hydrogen) atoms. The van der Waals surface area contributed by atoms with E-state index in [4.69, 9.17) is 9.15 Å². The summed E-state index contributed by atoms with van der Waals surface area (Å²) in [5.74, 6) is 1.73. The minimum absolute atomic E-state index is 0.635. The number of hydrogen-bond donors (Lipinski definition) is 0. The highest BCUT2D eigenvalue weighted by molar-refractivity contribution is 6.10. The summed E-state index contributed by atoms with van der Waals surface area (Å²) >= 11 is 0. The van der Waals surface area contributed by atoms with Gasteiger partial charge in [-0.25, -0.2) is 0 Å². The zero-order valence-electron chi connectivity index (χ0n) is 28.2. The van der Waals surface area contributed by atoms with Crippen LogP contribution >= 0.6 is 0 Å². The molecule has 11 rings (SSSR count). The van der Waals surface area contributed by atoms with E-state index >= 15 is 0 Å². The van der Waals surface area contributed by atoms with Gasteiger partial charge in [0.05, 0.1) is 16.4 Å². The molecule has 244 valence electrons. The second kappa shape index (κ2) is 11.1. The average molecular weight is 666 g/mol. The van der Waals surface area contributed by atoms with Crippen molar-refractivity contribution in [3.63, 3.8) is 0 Å². The molecule has 0 N–H and O–H groups in total. The van der Waals surface area contributed by atoms with Crippen molar-refractivity contribution in [3.05, 3.63) is 210 Å². The van der Waals surface area contributed by atoms with Crippen molar-refractivity contribution in [2.45, 2.75) is 5.41 Å². The number of ether oxygens (including phenoxy) is 1. The molecule has 2 aromatic heterocycles. The van der Waals surface area contributed by atoms with Gasteiger partial charge in [0, 0.05) is 38.4 Å². The summed E-state index contributed by atoms with van der Waals surface area (Å²) in [5.41, 5.74) is 11.6. The number of aromatic nitrogens is 1. The quantitative estimate of drug-likeness (QED) is 0.187. The number of fused-ring (bicyclic) bond motifs is 8. The summed E-state index contributed by atoms with van der Waals surface area (Å²) in [6.07, 6.45) is 0. The van der Waals surface area contributed by atoms with Crippen LogP contribution in [-0.2, 0) is 5.41 Å². The van der Waals surface area contributed by atoms with Gasteiger partial charge in [0.25, 0.3) is 0 Å². The molecular weight excluding hydrogens is 635 g/mol. The van der Waals surface area contributed by atoms with Crippen molar-refractivity contribution >= 4 is 43.7 Å². The van der Waals surface area contributed by atoms with E-state index in [2.05, 4.69) is 180 Å². The summed E-state index contributed by atoms with van der Waals surface area (Å²) < 4.78 is 15.3. The van der Waals surface area contributed by atoms with Crippen LogP contribution in [0, 0.1) is 0 Å². The zero-order valence-corrected chi connectivity index (χ0v) is 28.2. The maximum atomic E-state index is 6.60. The lowest BCUT2D eigenvalue weighted by Gasteiger charge is -2.41. The molecule has 0 bridgehead atoms. The van der Waals surface area contributed by atoms with Crippen molar-refractivity contribution in [1.29, 1.82) is 0 Å². The van der Waals surface area contributed by atoms with Crippen LogP contribution in [-0.4, -0.2) is 4.57 Å². The SMILES string of the molecule is c1ccc(-n2c3ccccc3c3cc(-c4ccc(C5(c6ccc7oc8ccccc8c7c6)c6ccccc6Oc6ccccc65)cc4)ccc32)cc1. The van der Waals surface area contributed by atoms with Crippen LogP contribution in [0.15, 0.2) is 192 Å². The molecule has 0 fully saturated rings. The highest BCUT2D eigenvalue weighted by Gasteiger charge is 2.45. The van der Waals surface area contributed by atoms with E-state index in [1.54, 1.807) is 0 Å². The van der Waals surface area contributed by atoms with Gasteiger partial charge in [-0.15, -0.1) is 0 Å². The highest BCUT2D eigenvalue weighted by atomic mass is 16.5. The van der Waals surface area contributed by atoms with Gasteiger partial charge in [0.2, 0.25) is 0 Å². The van der Waals surface area contributed by atoms with E-state index in [-0.39, 0.29) is 0 Å². The Labute approximate surface area is 300 Å². The first-order valence-electron chi connectivity index (χ1n) is 17.8. The van der Waals surface area contributed by atoms with Gasteiger partial charge >= 0.3 is 0 Å². The summed E-state index contributed by atoms with van der Waals surface area (Å²) in [5, 5.41) is 4.71. The summed E-state index contributed by atoms with van der Waals surface area (Å²) in [6, 6.07) is 67.3. The third-order valence-corrected chi connectivity index (χ3v) is 10.9. The Balaban J connectivity index is 1.12. The number of nitrogens with zero attached hydrogens (tertiary/aromatic N) is 1. The maximum absolute atomic E-state index is 6.60. The third-order valence-electron chi connectivity index (χ3n) is 10.9. The monoisotopic (exact) mass is 665 g/mol. The normalized spacial score (nSPS) is 13.3. The van der Waals surface area contributed by atoms with Crippen LogP contribution in [0.3, 0.4) is 0 Å². The number of hydrogen-bond acceptors (Lipinski definition) is 2. The number of rotatable bonds is 4. The Bertz CT molecular complexity index is 2940. The lowest BCUT2D eigenvalue weighted by molar-refractivity contribution is 0.434. The molecule has 0 atom stereocenters. The van der Waals surface area contributed by atoms with Crippen LogP contribution in [0.4, 0.5) is 0 Å². The fourth-order valence-electron chi connectivity index (χ4n) is 8.66. The molecule has 0 amide bonds. The molecule has 8 aromatic carbocycles.